The Bertz CT molecular complexity index is 184. The molecule has 0 N–H and O–H groups in total. The van der Waals surface area contributed by atoms with Gasteiger partial charge >= 0.3 is 0 Å². The highest BCUT2D eigenvalue weighted by molar-refractivity contribution is 5.17. The Morgan fingerprint density at radius 3 is 2.25 bits per heavy atom. The van der Waals surface area contributed by atoms with Crippen LogP contribution in [0, 0.1) is 29.1 Å². The first-order valence-electron chi connectivity index (χ1n) is 5.64. The highest BCUT2D eigenvalue weighted by atomic mass is 14.7. The monoisotopic (exact) mass is 166 g/mol. The molecule has 70 valence electrons. The summed E-state index contributed by atoms with van der Waals surface area (Å²) in [5.41, 5.74) is 0.829. The Kier molecular flexibility index (Phi) is 1.79. The second-order valence-electron chi connectivity index (χ2n) is 5.27. The summed E-state index contributed by atoms with van der Waals surface area (Å²) in [5, 5.41) is 0. The van der Waals surface area contributed by atoms with Crippen molar-refractivity contribution in [3.8, 4) is 0 Å². The van der Waals surface area contributed by atoms with Crippen molar-refractivity contribution in [2.45, 2.75) is 47.0 Å². The fraction of sp³-hybridized carbons (Fsp3) is 1.00. The molecule has 2 aliphatic rings. The van der Waals surface area contributed by atoms with E-state index < -0.39 is 0 Å². The molecule has 5 unspecified atom stereocenters. The quantitative estimate of drug-likeness (QED) is 0.586. The minimum absolute atomic E-state index is 0.829. The lowest BCUT2D eigenvalue weighted by Gasteiger charge is -2.44. The molecular weight excluding hydrogens is 144 g/mol. The Morgan fingerprint density at radius 2 is 1.83 bits per heavy atom. The molecule has 0 aliphatic heterocycles. The summed E-state index contributed by atoms with van der Waals surface area (Å²) in [6, 6.07) is 0. The van der Waals surface area contributed by atoms with Gasteiger partial charge in [-0.15, -0.1) is 0 Å². The van der Waals surface area contributed by atoms with Crippen molar-refractivity contribution < 1.29 is 0 Å². The average molecular weight is 166 g/mol. The molecule has 0 aromatic carbocycles. The second kappa shape index (κ2) is 2.49. The van der Waals surface area contributed by atoms with Gasteiger partial charge in [0.05, 0.1) is 0 Å². The summed E-state index contributed by atoms with van der Waals surface area (Å²) >= 11 is 0. The maximum Gasteiger partial charge on any atom is -0.0207 e. The molecule has 0 saturated heterocycles. The molecule has 0 heteroatoms. The SMILES string of the molecule is CCCC1C(C)C12CC(C)C2C. The van der Waals surface area contributed by atoms with Crippen LogP contribution in [0.15, 0.2) is 0 Å². The van der Waals surface area contributed by atoms with Gasteiger partial charge < -0.3 is 0 Å². The summed E-state index contributed by atoms with van der Waals surface area (Å²) in [6.45, 7) is 9.69. The number of hydrogen-bond donors (Lipinski definition) is 0. The van der Waals surface area contributed by atoms with E-state index in [2.05, 4.69) is 27.7 Å². The topological polar surface area (TPSA) is 0 Å². The first-order valence-corrected chi connectivity index (χ1v) is 5.64. The standard InChI is InChI=1S/C12H22/c1-5-6-11-10(4)12(11)7-8(2)9(12)3/h8-11H,5-7H2,1-4H3. The van der Waals surface area contributed by atoms with Crippen LogP contribution in [0.3, 0.4) is 0 Å². The Balaban J connectivity index is 1.99. The largest absolute Gasteiger partial charge is 0.0654 e. The molecule has 2 rings (SSSR count). The number of hydrogen-bond acceptors (Lipinski definition) is 0. The van der Waals surface area contributed by atoms with E-state index in [1.54, 1.807) is 0 Å². The summed E-state index contributed by atoms with van der Waals surface area (Å²) in [4.78, 5) is 0. The molecule has 0 heterocycles. The average Bonchev–Trinajstić information content (AvgIpc) is 2.62. The van der Waals surface area contributed by atoms with Crippen LogP contribution in [0.25, 0.3) is 0 Å². The van der Waals surface area contributed by atoms with Crippen LogP contribution in [0.5, 0.6) is 0 Å². The Labute approximate surface area is 76.7 Å². The molecule has 5 atom stereocenters. The van der Waals surface area contributed by atoms with Gasteiger partial charge in [0.2, 0.25) is 0 Å². The van der Waals surface area contributed by atoms with E-state index in [1.807, 2.05) is 0 Å². The lowest BCUT2D eigenvalue weighted by Crippen LogP contribution is -2.36. The summed E-state index contributed by atoms with van der Waals surface area (Å²) in [5.74, 6) is 4.16. The van der Waals surface area contributed by atoms with Crippen LogP contribution in [0.4, 0.5) is 0 Å². The van der Waals surface area contributed by atoms with E-state index in [1.165, 1.54) is 19.3 Å². The van der Waals surface area contributed by atoms with Gasteiger partial charge in [-0.3, -0.25) is 0 Å². The molecule has 0 aromatic rings. The molecular formula is C12H22. The maximum absolute atomic E-state index is 2.47. The first-order chi connectivity index (χ1) is 5.64. The van der Waals surface area contributed by atoms with Gasteiger partial charge in [0, 0.05) is 0 Å². The van der Waals surface area contributed by atoms with Crippen LogP contribution < -0.4 is 0 Å². The lowest BCUT2D eigenvalue weighted by molar-refractivity contribution is 0.0508. The van der Waals surface area contributed by atoms with Crippen molar-refractivity contribution in [3.05, 3.63) is 0 Å². The van der Waals surface area contributed by atoms with Gasteiger partial charge in [-0.2, -0.15) is 0 Å². The zero-order valence-corrected chi connectivity index (χ0v) is 8.93. The molecule has 2 saturated carbocycles. The first kappa shape index (κ1) is 8.59. The third-order valence-corrected chi connectivity index (χ3v) is 5.01. The maximum atomic E-state index is 2.47. The van der Waals surface area contributed by atoms with Gasteiger partial charge in [0.25, 0.3) is 0 Å². The predicted molar refractivity (Wildman–Crippen MR) is 52.9 cm³/mol. The smallest absolute Gasteiger partial charge is 0.0207 e. The van der Waals surface area contributed by atoms with Crippen molar-refractivity contribution >= 4 is 0 Å². The zero-order chi connectivity index (χ0) is 8.93. The van der Waals surface area contributed by atoms with E-state index in [4.69, 9.17) is 0 Å². The van der Waals surface area contributed by atoms with Crippen LogP contribution >= 0.6 is 0 Å². The fourth-order valence-electron chi connectivity index (χ4n) is 3.96. The van der Waals surface area contributed by atoms with Crippen molar-refractivity contribution in [3.63, 3.8) is 0 Å². The summed E-state index contributed by atoms with van der Waals surface area (Å²) in [7, 11) is 0. The van der Waals surface area contributed by atoms with E-state index >= 15 is 0 Å². The third kappa shape index (κ3) is 0.791. The van der Waals surface area contributed by atoms with Crippen molar-refractivity contribution in [2.75, 3.05) is 0 Å². The van der Waals surface area contributed by atoms with Crippen LogP contribution in [0.2, 0.25) is 0 Å². The molecule has 0 aromatic heterocycles. The van der Waals surface area contributed by atoms with E-state index in [0.29, 0.717) is 0 Å². The summed E-state index contributed by atoms with van der Waals surface area (Å²) < 4.78 is 0. The molecule has 0 radical (unpaired) electrons. The lowest BCUT2D eigenvalue weighted by atomic mass is 9.61. The molecule has 2 aliphatic carbocycles. The molecule has 12 heavy (non-hydrogen) atoms. The van der Waals surface area contributed by atoms with Gasteiger partial charge in [-0.05, 0) is 41.9 Å². The fourth-order valence-corrected chi connectivity index (χ4v) is 3.96. The highest BCUT2D eigenvalue weighted by Crippen LogP contribution is 2.75. The normalized spacial score (nSPS) is 57.0. The van der Waals surface area contributed by atoms with Crippen molar-refractivity contribution in [1.82, 2.24) is 0 Å². The molecule has 0 bridgehead atoms. The van der Waals surface area contributed by atoms with Crippen molar-refractivity contribution in [1.29, 1.82) is 0 Å². The van der Waals surface area contributed by atoms with Crippen LogP contribution in [0.1, 0.15) is 47.0 Å². The molecule has 2 fully saturated rings. The minimum atomic E-state index is 0.829. The third-order valence-electron chi connectivity index (χ3n) is 5.01. The number of rotatable bonds is 2. The van der Waals surface area contributed by atoms with Gasteiger partial charge in [-0.1, -0.05) is 34.1 Å². The Morgan fingerprint density at radius 1 is 1.17 bits per heavy atom. The predicted octanol–water partition coefficient (Wildman–Crippen LogP) is 3.71. The van der Waals surface area contributed by atoms with E-state index in [0.717, 1.165) is 29.1 Å². The van der Waals surface area contributed by atoms with Crippen molar-refractivity contribution in [2.24, 2.45) is 29.1 Å². The van der Waals surface area contributed by atoms with Gasteiger partial charge in [0.15, 0.2) is 0 Å². The van der Waals surface area contributed by atoms with Crippen LogP contribution in [-0.2, 0) is 0 Å². The van der Waals surface area contributed by atoms with E-state index in [9.17, 15) is 0 Å². The molecule has 0 amide bonds. The molecule has 0 nitrogen and oxygen atoms in total. The Hall–Kier alpha value is 0. The zero-order valence-electron chi connectivity index (χ0n) is 8.93. The van der Waals surface area contributed by atoms with Crippen LogP contribution in [-0.4, -0.2) is 0 Å². The summed E-state index contributed by atoms with van der Waals surface area (Å²) in [6.07, 6.45) is 4.40. The van der Waals surface area contributed by atoms with E-state index in [-0.39, 0.29) is 0 Å². The van der Waals surface area contributed by atoms with Gasteiger partial charge in [-0.25, -0.2) is 0 Å². The highest BCUT2D eigenvalue weighted by Gasteiger charge is 2.69. The second-order valence-corrected chi connectivity index (χ2v) is 5.27. The minimum Gasteiger partial charge on any atom is -0.0654 e. The molecule has 1 spiro atoms. The van der Waals surface area contributed by atoms with Gasteiger partial charge in [0.1, 0.15) is 0 Å².